The third-order valence-electron chi connectivity index (χ3n) is 1.55. The van der Waals surface area contributed by atoms with Crippen molar-refractivity contribution >= 4 is 27.8 Å². The fraction of sp³-hybridized carbons (Fsp3) is 0.875. The van der Waals surface area contributed by atoms with Gasteiger partial charge in [0.25, 0.3) is 10.1 Å². The van der Waals surface area contributed by atoms with Crippen LogP contribution in [0.1, 0.15) is 20.3 Å². The quantitative estimate of drug-likeness (QED) is 0.676. The lowest BCUT2D eigenvalue weighted by Crippen LogP contribution is -2.48. The summed E-state index contributed by atoms with van der Waals surface area (Å²) in [6, 6.07) is 0. The summed E-state index contributed by atoms with van der Waals surface area (Å²) in [5.41, 5.74) is -0.941. The maximum Gasteiger partial charge on any atom is 0.267 e. The van der Waals surface area contributed by atoms with Gasteiger partial charge < -0.3 is 5.32 Å². The molecule has 0 atom stereocenters. The maximum absolute atomic E-state index is 11.3. The fourth-order valence-electron chi connectivity index (χ4n) is 1.13. The van der Waals surface area contributed by atoms with E-state index in [1.165, 1.54) is 0 Å². The smallest absolute Gasteiger partial charge is 0.267 e. The molecule has 0 radical (unpaired) electrons. The molecule has 0 aromatic heterocycles. The lowest BCUT2D eigenvalue weighted by molar-refractivity contribution is -0.122. The Balaban J connectivity index is 4.19. The van der Waals surface area contributed by atoms with Crippen LogP contribution in [-0.2, 0) is 14.9 Å². The molecule has 2 N–H and O–H groups in total. The second-order valence-electron chi connectivity index (χ2n) is 3.90. The summed E-state index contributed by atoms with van der Waals surface area (Å²) in [6.07, 6.45) is 2.23. The molecule has 0 bridgehead atoms. The standard InChI is InChI=1S/C8H17NO4S2/c1-8(2,6-15(11,12)13)9-7(10)4-5-14-3/h4-6H2,1-3H3,(H,9,10)(H,11,12,13). The third-order valence-corrected chi connectivity index (χ3v) is 3.25. The number of thioether (sulfide) groups is 1. The van der Waals surface area contributed by atoms with Gasteiger partial charge in [0.1, 0.15) is 0 Å². The summed E-state index contributed by atoms with van der Waals surface area (Å²) >= 11 is 1.54. The minimum absolute atomic E-state index is 0.210. The van der Waals surface area contributed by atoms with E-state index in [0.717, 1.165) is 0 Å². The minimum Gasteiger partial charge on any atom is -0.350 e. The molecule has 5 nitrogen and oxygen atoms in total. The van der Waals surface area contributed by atoms with Gasteiger partial charge in [-0.3, -0.25) is 9.35 Å². The zero-order chi connectivity index (χ0) is 12.1. The van der Waals surface area contributed by atoms with Crippen LogP contribution >= 0.6 is 11.8 Å². The summed E-state index contributed by atoms with van der Waals surface area (Å²) in [7, 11) is -4.07. The van der Waals surface area contributed by atoms with Crippen LogP contribution in [0.5, 0.6) is 0 Å². The van der Waals surface area contributed by atoms with Crippen molar-refractivity contribution in [3.8, 4) is 0 Å². The molecular weight excluding hydrogens is 238 g/mol. The predicted octanol–water partition coefficient (Wildman–Crippen LogP) is 0.522. The van der Waals surface area contributed by atoms with Crippen molar-refractivity contribution in [3.05, 3.63) is 0 Å². The largest absolute Gasteiger partial charge is 0.350 e. The van der Waals surface area contributed by atoms with Crippen molar-refractivity contribution in [2.75, 3.05) is 17.8 Å². The van der Waals surface area contributed by atoms with Crippen molar-refractivity contribution < 1.29 is 17.8 Å². The van der Waals surface area contributed by atoms with Gasteiger partial charge in [-0.15, -0.1) is 0 Å². The van der Waals surface area contributed by atoms with Gasteiger partial charge in [-0.1, -0.05) is 0 Å². The van der Waals surface area contributed by atoms with E-state index in [1.807, 2.05) is 6.26 Å². The Morgan fingerprint density at radius 1 is 1.47 bits per heavy atom. The molecule has 15 heavy (non-hydrogen) atoms. The first-order chi connectivity index (χ1) is 6.66. The van der Waals surface area contributed by atoms with Gasteiger partial charge in [-0.2, -0.15) is 20.2 Å². The van der Waals surface area contributed by atoms with Crippen LogP contribution in [0.15, 0.2) is 0 Å². The molecule has 0 unspecified atom stereocenters. The highest BCUT2D eigenvalue weighted by Crippen LogP contribution is 2.06. The number of hydrogen-bond donors (Lipinski definition) is 2. The van der Waals surface area contributed by atoms with E-state index in [1.54, 1.807) is 25.6 Å². The number of nitrogens with one attached hydrogen (secondary N) is 1. The molecule has 0 saturated heterocycles. The number of amides is 1. The number of carbonyl (C=O) groups is 1. The average Bonchev–Trinajstić information content (AvgIpc) is 1.94. The van der Waals surface area contributed by atoms with E-state index in [4.69, 9.17) is 4.55 Å². The second kappa shape index (κ2) is 5.72. The summed E-state index contributed by atoms with van der Waals surface area (Å²) in [5.74, 6) is -0.00305. The predicted molar refractivity (Wildman–Crippen MR) is 61.6 cm³/mol. The Morgan fingerprint density at radius 2 is 2.00 bits per heavy atom. The van der Waals surface area contributed by atoms with E-state index in [2.05, 4.69) is 5.32 Å². The van der Waals surface area contributed by atoms with E-state index in [9.17, 15) is 13.2 Å². The maximum atomic E-state index is 11.3. The second-order valence-corrected chi connectivity index (χ2v) is 6.34. The van der Waals surface area contributed by atoms with Gasteiger partial charge in [0.2, 0.25) is 5.91 Å². The van der Waals surface area contributed by atoms with Crippen LogP contribution in [0.2, 0.25) is 0 Å². The van der Waals surface area contributed by atoms with Crippen LogP contribution in [0, 0.1) is 0 Å². The summed E-state index contributed by atoms with van der Waals surface area (Å²) in [4.78, 5) is 11.3. The Labute approximate surface area is 94.8 Å². The van der Waals surface area contributed by atoms with Crippen molar-refractivity contribution in [2.24, 2.45) is 0 Å². The molecule has 0 aromatic rings. The molecule has 0 saturated carbocycles. The normalized spacial score (nSPS) is 12.5. The third kappa shape index (κ3) is 8.71. The van der Waals surface area contributed by atoms with Crippen molar-refractivity contribution in [3.63, 3.8) is 0 Å². The molecule has 0 spiro atoms. The Hall–Kier alpha value is -0.270. The number of rotatable bonds is 6. The summed E-state index contributed by atoms with van der Waals surface area (Å²) in [6.45, 7) is 3.11. The van der Waals surface area contributed by atoms with Crippen molar-refractivity contribution in [2.45, 2.75) is 25.8 Å². The van der Waals surface area contributed by atoms with Gasteiger partial charge in [-0.25, -0.2) is 0 Å². The van der Waals surface area contributed by atoms with E-state index in [-0.39, 0.29) is 5.91 Å². The lowest BCUT2D eigenvalue weighted by atomic mass is 10.1. The number of hydrogen-bond acceptors (Lipinski definition) is 4. The van der Waals surface area contributed by atoms with Gasteiger partial charge in [0, 0.05) is 12.2 Å². The van der Waals surface area contributed by atoms with Crippen LogP contribution in [0.3, 0.4) is 0 Å². The summed E-state index contributed by atoms with van der Waals surface area (Å²) < 4.78 is 29.9. The van der Waals surface area contributed by atoms with Crippen molar-refractivity contribution in [1.82, 2.24) is 5.32 Å². The molecule has 0 aliphatic rings. The van der Waals surface area contributed by atoms with Crippen LogP contribution in [0.4, 0.5) is 0 Å². The molecule has 90 valence electrons. The SMILES string of the molecule is CSCCC(=O)NC(C)(C)CS(=O)(=O)O. The zero-order valence-corrected chi connectivity index (χ0v) is 10.7. The van der Waals surface area contributed by atoms with E-state index >= 15 is 0 Å². The lowest BCUT2D eigenvalue weighted by Gasteiger charge is -2.24. The van der Waals surface area contributed by atoms with Gasteiger partial charge in [0.05, 0.1) is 11.3 Å². The molecule has 0 aliphatic carbocycles. The highest BCUT2D eigenvalue weighted by Gasteiger charge is 2.26. The first-order valence-electron chi connectivity index (χ1n) is 4.41. The molecule has 0 rings (SSSR count). The highest BCUT2D eigenvalue weighted by atomic mass is 32.2. The Morgan fingerprint density at radius 3 is 2.40 bits per heavy atom. The molecule has 0 heterocycles. The van der Waals surface area contributed by atoms with E-state index in [0.29, 0.717) is 12.2 Å². The summed E-state index contributed by atoms with van der Waals surface area (Å²) in [5, 5.41) is 2.56. The fourth-order valence-corrected chi connectivity index (χ4v) is 2.50. The van der Waals surface area contributed by atoms with Gasteiger partial charge in [-0.05, 0) is 20.1 Å². The molecule has 7 heteroatoms. The van der Waals surface area contributed by atoms with Gasteiger partial charge >= 0.3 is 0 Å². The van der Waals surface area contributed by atoms with Crippen LogP contribution in [0.25, 0.3) is 0 Å². The van der Waals surface area contributed by atoms with Crippen molar-refractivity contribution in [1.29, 1.82) is 0 Å². The molecule has 1 amide bonds. The average molecular weight is 255 g/mol. The molecule has 0 aliphatic heterocycles. The highest BCUT2D eigenvalue weighted by molar-refractivity contribution is 7.98. The number of carbonyl (C=O) groups excluding carboxylic acids is 1. The van der Waals surface area contributed by atoms with E-state index < -0.39 is 21.4 Å². The van der Waals surface area contributed by atoms with Crippen LogP contribution < -0.4 is 5.32 Å². The molecule has 0 aromatic carbocycles. The van der Waals surface area contributed by atoms with Crippen LogP contribution in [-0.4, -0.2) is 42.2 Å². The minimum atomic E-state index is -4.07. The topological polar surface area (TPSA) is 83.5 Å². The molecular formula is C8H17NO4S2. The monoisotopic (exact) mass is 255 g/mol. The first kappa shape index (κ1) is 14.7. The Kier molecular flexibility index (Phi) is 5.61. The zero-order valence-electron chi connectivity index (χ0n) is 9.11. The molecule has 0 fully saturated rings. The van der Waals surface area contributed by atoms with Gasteiger partial charge in [0.15, 0.2) is 0 Å². The Bertz CT molecular complexity index is 311. The first-order valence-corrected chi connectivity index (χ1v) is 7.42.